The molecule has 1 aliphatic rings. The van der Waals surface area contributed by atoms with Gasteiger partial charge in [0.05, 0.1) is 5.56 Å². The molecule has 1 fully saturated rings. The highest BCUT2D eigenvalue weighted by Gasteiger charge is 2.33. The zero-order valence-corrected chi connectivity index (χ0v) is 9.26. The van der Waals surface area contributed by atoms with Crippen LogP contribution in [-0.2, 0) is 6.18 Å². The summed E-state index contributed by atoms with van der Waals surface area (Å²) in [5.74, 6) is 0.222. The van der Waals surface area contributed by atoms with Crippen LogP contribution in [0.5, 0.6) is 0 Å². The smallest absolute Gasteiger partial charge is 0.372 e. The maximum atomic E-state index is 12.3. The van der Waals surface area contributed by atoms with Crippen LogP contribution in [0.1, 0.15) is 5.56 Å². The molecule has 1 atom stereocenters. The summed E-state index contributed by atoms with van der Waals surface area (Å²) in [5, 5.41) is 9.14. The molecular weight excluding hydrogens is 255 g/mol. The fourth-order valence-corrected chi connectivity index (χ4v) is 2.31. The number of thioether (sulfide) groups is 1. The number of amides is 1. The molecule has 17 heavy (non-hydrogen) atoms. The van der Waals surface area contributed by atoms with Crippen molar-refractivity contribution in [3.05, 3.63) is 29.8 Å². The molecule has 0 aliphatic carbocycles. The lowest BCUT2D eigenvalue weighted by atomic mass is 10.2. The molecular formula is C10H8F3NO2S. The van der Waals surface area contributed by atoms with Gasteiger partial charge in [-0.05, 0) is 24.3 Å². The fraction of sp³-hybridized carbons (Fsp3) is 0.300. The summed E-state index contributed by atoms with van der Waals surface area (Å²) < 4.78 is 36.9. The second-order valence-corrected chi connectivity index (χ2v) is 4.44. The second kappa shape index (κ2) is 4.23. The number of nitrogens with zero attached hydrogens (tertiary/aromatic N) is 1. The number of rotatable bonds is 1. The second-order valence-electron chi connectivity index (χ2n) is 3.47. The Hall–Kier alpha value is -1.21. The van der Waals surface area contributed by atoms with Gasteiger partial charge in [0.2, 0.25) is 0 Å². The lowest BCUT2D eigenvalue weighted by Crippen LogP contribution is -2.32. The van der Waals surface area contributed by atoms with E-state index < -0.39 is 18.0 Å². The van der Waals surface area contributed by atoms with E-state index in [-0.39, 0.29) is 16.7 Å². The van der Waals surface area contributed by atoms with Crippen LogP contribution in [0.2, 0.25) is 0 Å². The minimum absolute atomic E-state index is 0.222. The van der Waals surface area contributed by atoms with Gasteiger partial charge in [0.1, 0.15) is 6.23 Å². The summed E-state index contributed by atoms with van der Waals surface area (Å²) in [6.45, 7) is 0. The molecule has 3 nitrogen and oxygen atoms in total. The highest BCUT2D eigenvalue weighted by atomic mass is 32.2. The van der Waals surface area contributed by atoms with E-state index in [1.165, 1.54) is 12.1 Å². The molecule has 0 bridgehead atoms. The lowest BCUT2D eigenvalue weighted by Gasteiger charge is -2.19. The van der Waals surface area contributed by atoms with E-state index in [9.17, 15) is 23.1 Å². The molecule has 2 rings (SSSR count). The number of anilines is 1. The molecule has 0 aromatic heterocycles. The van der Waals surface area contributed by atoms with Crippen molar-refractivity contribution in [2.24, 2.45) is 0 Å². The Morgan fingerprint density at radius 3 is 2.29 bits per heavy atom. The molecule has 1 aliphatic heterocycles. The third-order valence-corrected chi connectivity index (χ3v) is 3.23. The number of carbonyl (C=O) groups is 1. The van der Waals surface area contributed by atoms with Crippen LogP contribution in [0.4, 0.5) is 23.7 Å². The first-order valence-corrected chi connectivity index (χ1v) is 5.69. The summed E-state index contributed by atoms with van der Waals surface area (Å²) >= 11 is 0.933. The van der Waals surface area contributed by atoms with Crippen molar-refractivity contribution in [2.75, 3.05) is 10.7 Å². The van der Waals surface area contributed by atoms with Crippen molar-refractivity contribution >= 4 is 22.7 Å². The third kappa shape index (κ3) is 2.39. The number of carbonyl (C=O) groups excluding carboxylic acids is 1. The molecule has 0 radical (unpaired) electrons. The SMILES string of the molecule is O=C1SCC(O)N1c1ccc(C(F)(F)F)cc1. The first kappa shape index (κ1) is 12.3. The average Bonchev–Trinajstić information content (AvgIpc) is 2.58. The van der Waals surface area contributed by atoms with Gasteiger partial charge in [0, 0.05) is 11.4 Å². The molecule has 0 saturated carbocycles. The number of halogens is 3. The van der Waals surface area contributed by atoms with Crippen molar-refractivity contribution in [2.45, 2.75) is 12.4 Å². The van der Waals surface area contributed by atoms with E-state index in [0.717, 1.165) is 28.8 Å². The van der Waals surface area contributed by atoms with E-state index in [1.54, 1.807) is 0 Å². The summed E-state index contributed by atoms with van der Waals surface area (Å²) in [6, 6.07) is 4.13. The molecule has 92 valence electrons. The van der Waals surface area contributed by atoms with Crippen LogP contribution in [-0.4, -0.2) is 22.3 Å². The van der Waals surface area contributed by atoms with Crippen molar-refractivity contribution in [3.8, 4) is 0 Å². The number of alkyl halides is 3. The molecule has 1 amide bonds. The van der Waals surface area contributed by atoms with Crippen LogP contribution >= 0.6 is 11.8 Å². The minimum atomic E-state index is -4.40. The van der Waals surface area contributed by atoms with E-state index in [1.807, 2.05) is 0 Å². The van der Waals surface area contributed by atoms with Gasteiger partial charge in [0.25, 0.3) is 5.24 Å². The molecule has 1 unspecified atom stereocenters. The topological polar surface area (TPSA) is 40.5 Å². The summed E-state index contributed by atoms with van der Waals surface area (Å²) in [4.78, 5) is 12.4. The van der Waals surface area contributed by atoms with Gasteiger partial charge in [-0.25, -0.2) is 0 Å². The van der Waals surface area contributed by atoms with Crippen LogP contribution in [0.3, 0.4) is 0 Å². The standard InChI is InChI=1S/C10H8F3NO2S/c11-10(12,13)6-1-3-7(4-2-6)14-8(15)5-17-9(14)16/h1-4,8,15H,5H2. The van der Waals surface area contributed by atoms with E-state index >= 15 is 0 Å². The van der Waals surface area contributed by atoms with Gasteiger partial charge < -0.3 is 5.11 Å². The summed E-state index contributed by atoms with van der Waals surface area (Å²) in [5.41, 5.74) is -0.518. The number of hydrogen-bond acceptors (Lipinski definition) is 3. The maximum Gasteiger partial charge on any atom is 0.416 e. The van der Waals surface area contributed by atoms with Crippen molar-refractivity contribution < 1.29 is 23.1 Å². The van der Waals surface area contributed by atoms with E-state index in [2.05, 4.69) is 0 Å². The third-order valence-electron chi connectivity index (χ3n) is 2.32. The molecule has 1 aromatic carbocycles. The minimum Gasteiger partial charge on any atom is -0.372 e. The van der Waals surface area contributed by atoms with Gasteiger partial charge in [-0.3, -0.25) is 9.69 Å². The Balaban J connectivity index is 2.27. The number of benzene rings is 1. The Morgan fingerprint density at radius 1 is 1.29 bits per heavy atom. The van der Waals surface area contributed by atoms with Crippen LogP contribution < -0.4 is 4.90 Å². The summed E-state index contributed by atoms with van der Waals surface area (Å²) in [7, 11) is 0. The van der Waals surface area contributed by atoms with E-state index in [0.29, 0.717) is 0 Å². The Labute approximate surface area is 99.2 Å². The Kier molecular flexibility index (Phi) is 3.05. The highest BCUT2D eigenvalue weighted by molar-refractivity contribution is 8.14. The normalized spacial score (nSPS) is 21.1. The molecule has 0 spiro atoms. The highest BCUT2D eigenvalue weighted by Crippen LogP contribution is 2.33. The van der Waals surface area contributed by atoms with Gasteiger partial charge in [-0.2, -0.15) is 13.2 Å². The number of aliphatic hydroxyl groups is 1. The van der Waals surface area contributed by atoms with Crippen molar-refractivity contribution in [3.63, 3.8) is 0 Å². The number of hydrogen-bond donors (Lipinski definition) is 1. The molecule has 1 heterocycles. The zero-order valence-electron chi connectivity index (χ0n) is 8.44. The lowest BCUT2D eigenvalue weighted by molar-refractivity contribution is -0.137. The van der Waals surface area contributed by atoms with Crippen LogP contribution in [0.25, 0.3) is 0 Å². The van der Waals surface area contributed by atoms with Gasteiger partial charge >= 0.3 is 6.18 Å². The molecule has 1 N–H and O–H groups in total. The molecule has 1 saturated heterocycles. The monoisotopic (exact) mass is 263 g/mol. The first-order valence-electron chi connectivity index (χ1n) is 4.71. The quantitative estimate of drug-likeness (QED) is 0.846. The Bertz CT molecular complexity index is 432. The Morgan fingerprint density at radius 2 is 1.88 bits per heavy atom. The molecule has 1 aromatic rings. The summed E-state index contributed by atoms with van der Waals surface area (Å²) in [6.07, 6.45) is -5.38. The van der Waals surface area contributed by atoms with Gasteiger partial charge in [-0.1, -0.05) is 11.8 Å². The molecule has 7 heteroatoms. The largest absolute Gasteiger partial charge is 0.416 e. The zero-order chi connectivity index (χ0) is 12.6. The van der Waals surface area contributed by atoms with E-state index in [4.69, 9.17) is 0 Å². The fourth-order valence-electron chi connectivity index (χ4n) is 1.50. The van der Waals surface area contributed by atoms with Crippen molar-refractivity contribution in [1.82, 2.24) is 0 Å². The average molecular weight is 263 g/mol. The predicted octanol–water partition coefficient (Wildman–Crippen LogP) is 2.70. The van der Waals surface area contributed by atoms with Crippen molar-refractivity contribution in [1.29, 1.82) is 0 Å². The van der Waals surface area contributed by atoms with Crippen LogP contribution in [0.15, 0.2) is 24.3 Å². The number of aliphatic hydroxyl groups excluding tert-OH is 1. The van der Waals surface area contributed by atoms with Gasteiger partial charge in [-0.15, -0.1) is 0 Å². The first-order chi connectivity index (χ1) is 7.89. The maximum absolute atomic E-state index is 12.3. The van der Waals surface area contributed by atoms with Gasteiger partial charge in [0.15, 0.2) is 0 Å². The predicted molar refractivity (Wildman–Crippen MR) is 57.8 cm³/mol. The van der Waals surface area contributed by atoms with Crippen LogP contribution in [0, 0.1) is 0 Å².